The molecule has 0 aliphatic carbocycles. The number of hydrogen-bond donors (Lipinski definition) is 0. The van der Waals surface area contributed by atoms with E-state index in [0.717, 1.165) is 5.56 Å². The van der Waals surface area contributed by atoms with Gasteiger partial charge in [-0.05, 0) is 48.7 Å². The minimum atomic E-state index is -0.549. The summed E-state index contributed by atoms with van der Waals surface area (Å²) in [5, 5.41) is 0. The normalized spacial score (nSPS) is 10.8. The van der Waals surface area contributed by atoms with Gasteiger partial charge < -0.3 is 23.7 Å². The molecule has 170 valence electrons. The molecule has 0 fully saturated rings. The maximum Gasteiger partial charge on any atom is 0.334 e. The van der Waals surface area contributed by atoms with Crippen LogP contribution in [0.25, 0.3) is 5.76 Å². The van der Waals surface area contributed by atoms with E-state index < -0.39 is 11.9 Å². The van der Waals surface area contributed by atoms with Gasteiger partial charge in [0.15, 0.2) is 23.0 Å². The van der Waals surface area contributed by atoms with Crippen molar-refractivity contribution in [2.45, 2.75) is 26.7 Å². The number of carbonyl (C=O) groups excluding carboxylic acids is 2. The third kappa shape index (κ3) is 6.91. The molecule has 0 amide bonds. The number of benzene rings is 2. The predicted molar refractivity (Wildman–Crippen MR) is 121 cm³/mol. The zero-order valence-corrected chi connectivity index (χ0v) is 18.8. The maximum absolute atomic E-state index is 12.3. The molecule has 7 heteroatoms. The molecule has 7 nitrogen and oxygen atoms in total. The van der Waals surface area contributed by atoms with Crippen molar-refractivity contribution in [3.8, 4) is 23.0 Å². The van der Waals surface area contributed by atoms with Crippen molar-refractivity contribution in [1.29, 1.82) is 0 Å². The molecule has 0 aromatic heterocycles. The summed E-state index contributed by atoms with van der Waals surface area (Å²) in [6, 6.07) is 10.3. The zero-order valence-electron chi connectivity index (χ0n) is 18.8. The Morgan fingerprint density at radius 2 is 1.59 bits per heavy atom. The fourth-order valence-electron chi connectivity index (χ4n) is 2.79. The number of ether oxygens (including phenoxy) is 5. The lowest BCUT2D eigenvalue weighted by Gasteiger charge is -2.16. The van der Waals surface area contributed by atoms with Gasteiger partial charge in [0.2, 0.25) is 0 Å². The lowest BCUT2D eigenvalue weighted by molar-refractivity contribution is -0.137. The molecule has 0 saturated heterocycles. The van der Waals surface area contributed by atoms with Crippen LogP contribution in [0.3, 0.4) is 0 Å². The van der Waals surface area contributed by atoms with E-state index in [4.69, 9.17) is 23.7 Å². The van der Waals surface area contributed by atoms with Crippen LogP contribution < -0.4 is 18.9 Å². The molecule has 0 atom stereocenters. The number of methoxy groups -OCH3 is 2. The highest BCUT2D eigenvalue weighted by Gasteiger charge is 2.16. The molecule has 0 heterocycles. The van der Waals surface area contributed by atoms with Crippen molar-refractivity contribution in [2.24, 2.45) is 0 Å². The second-order valence-electron chi connectivity index (χ2n) is 6.72. The number of rotatable bonds is 11. The van der Waals surface area contributed by atoms with E-state index in [-0.39, 0.29) is 18.1 Å². The van der Waals surface area contributed by atoms with E-state index in [9.17, 15) is 9.59 Å². The van der Waals surface area contributed by atoms with E-state index in [0.29, 0.717) is 35.7 Å². The molecule has 2 aromatic rings. The van der Waals surface area contributed by atoms with Crippen molar-refractivity contribution in [3.63, 3.8) is 0 Å². The topological polar surface area (TPSA) is 80.3 Å². The molecule has 0 N–H and O–H groups in total. The monoisotopic (exact) mass is 440 g/mol. The molecule has 0 spiro atoms. The van der Waals surface area contributed by atoms with Gasteiger partial charge in [-0.15, -0.1) is 6.58 Å². The second-order valence-corrected chi connectivity index (χ2v) is 6.72. The number of carbonyl (C=O) groups is 2. The number of esters is 2. The summed E-state index contributed by atoms with van der Waals surface area (Å²) in [4.78, 5) is 23.7. The minimum Gasteiger partial charge on any atom is -0.493 e. The summed E-state index contributed by atoms with van der Waals surface area (Å²) < 4.78 is 27.2. The second kappa shape index (κ2) is 12.2. The van der Waals surface area contributed by atoms with Crippen LogP contribution in [-0.4, -0.2) is 32.8 Å². The van der Waals surface area contributed by atoms with Crippen molar-refractivity contribution in [2.75, 3.05) is 20.8 Å². The Morgan fingerprint density at radius 3 is 2.22 bits per heavy atom. The Kier molecular flexibility index (Phi) is 9.35. The van der Waals surface area contributed by atoms with Gasteiger partial charge in [-0.1, -0.05) is 19.1 Å². The number of hydrogen-bond acceptors (Lipinski definition) is 7. The molecule has 0 bridgehead atoms. The third-order valence-electron chi connectivity index (χ3n) is 4.23. The highest BCUT2D eigenvalue weighted by atomic mass is 16.6. The van der Waals surface area contributed by atoms with E-state index >= 15 is 0 Å². The molecule has 2 aromatic carbocycles. The highest BCUT2D eigenvalue weighted by Crippen LogP contribution is 2.35. The van der Waals surface area contributed by atoms with Crippen LogP contribution in [-0.2, 0) is 20.7 Å². The lowest BCUT2D eigenvalue weighted by atomic mass is 10.1. The van der Waals surface area contributed by atoms with Crippen molar-refractivity contribution in [3.05, 3.63) is 66.3 Å². The Labute approximate surface area is 188 Å². The van der Waals surface area contributed by atoms with Crippen LogP contribution in [0.15, 0.2) is 55.1 Å². The van der Waals surface area contributed by atoms with Gasteiger partial charge in [-0.2, -0.15) is 0 Å². The quantitative estimate of drug-likeness (QED) is 0.164. The van der Waals surface area contributed by atoms with Gasteiger partial charge >= 0.3 is 11.9 Å². The SMILES string of the molecule is C=CCc1ccc(O/C(=C/C(=O)OCCC)c2ccc(OC(C)=O)c(OC)c2)c(OC)c1. The highest BCUT2D eigenvalue weighted by molar-refractivity contribution is 5.90. The van der Waals surface area contributed by atoms with E-state index in [1.54, 1.807) is 30.3 Å². The van der Waals surface area contributed by atoms with Gasteiger partial charge in [0, 0.05) is 12.5 Å². The third-order valence-corrected chi connectivity index (χ3v) is 4.23. The first kappa shape index (κ1) is 24.5. The molecule has 0 aliphatic rings. The Hall–Kier alpha value is -3.74. The molecule has 0 radical (unpaired) electrons. The molecule has 0 aliphatic heterocycles. The molecule has 0 saturated carbocycles. The van der Waals surface area contributed by atoms with E-state index in [1.807, 2.05) is 19.1 Å². The fraction of sp³-hybridized carbons (Fsp3) is 0.280. The summed E-state index contributed by atoms with van der Waals surface area (Å²) in [5.41, 5.74) is 1.52. The van der Waals surface area contributed by atoms with E-state index in [2.05, 4.69) is 6.58 Å². The average molecular weight is 440 g/mol. The standard InChI is InChI=1S/C25H28O7/c1-6-8-18-9-11-21(23(14-18)28-4)32-22(16-25(27)30-13-7-2)19-10-12-20(31-17(3)26)24(15-19)29-5/h6,9-12,14-16H,1,7-8,13H2,2-5H3/b22-16+. The Balaban J connectivity index is 2.48. The maximum atomic E-state index is 12.3. The van der Waals surface area contributed by atoms with Gasteiger partial charge in [0.1, 0.15) is 5.76 Å². The van der Waals surface area contributed by atoms with Crippen molar-refractivity contribution < 1.29 is 33.3 Å². The number of allylic oxidation sites excluding steroid dienone is 1. The zero-order chi connectivity index (χ0) is 23.5. The predicted octanol–water partition coefficient (Wildman–Crippen LogP) is 4.73. The Morgan fingerprint density at radius 1 is 0.938 bits per heavy atom. The van der Waals surface area contributed by atoms with Gasteiger partial charge in [-0.3, -0.25) is 4.79 Å². The molecular formula is C25H28O7. The summed E-state index contributed by atoms with van der Waals surface area (Å²) in [5.74, 6) is 0.667. The van der Waals surface area contributed by atoms with E-state index in [1.165, 1.54) is 27.2 Å². The largest absolute Gasteiger partial charge is 0.493 e. The van der Waals surface area contributed by atoms with Crippen molar-refractivity contribution >= 4 is 17.7 Å². The Bertz CT molecular complexity index is 992. The minimum absolute atomic E-state index is 0.216. The molecule has 2 rings (SSSR count). The summed E-state index contributed by atoms with van der Waals surface area (Å²) >= 11 is 0. The van der Waals surface area contributed by atoms with Crippen LogP contribution in [0.4, 0.5) is 0 Å². The van der Waals surface area contributed by atoms with Gasteiger partial charge in [0.25, 0.3) is 0 Å². The molecule has 0 unspecified atom stereocenters. The smallest absolute Gasteiger partial charge is 0.334 e. The summed E-state index contributed by atoms with van der Waals surface area (Å²) in [6.07, 6.45) is 4.42. The first-order valence-corrected chi connectivity index (χ1v) is 10.1. The summed E-state index contributed by atoms with van der Waals surface area (Å²) in [7, 11) is 2.99. The summed E-state index contributed by atoms with van der Waals surface area (Å²) in [6.45, 7) is 7.24. The lowest BCUT2D eigenvalue weighted by Crippen LogP contribution is -2.07. The first-order valence-electron chi connectivity index (χ1n) is 10.1. The molecular weight excluding hydrogens is 412 g/mol. The van der Waals surface area contributed by atoms with Gasteiger partial charge in [0.05, 0.1) is 26.9 Å². The average Bonchev–Trinajstić information content (AvgIpc) is 2.78. The molecule has 32 heavy (non-hydrogen) atoms. The van der Waals surface area contributed by atoms with Crippen LogP contribution >= 0.6 is 0 Å². The van der Waals surface area contributed by atoms with Crippen molar-refractivity contribution in [1.82, 2.24) is 0 Å². The van der Waals surface area contributed by atoms with Crippen LogP contribution in [0.1, 0.15) is 31.4 Å². The van der Waals surface area contributed by atoms with Crippen LogP contribution in [0.5, 0.6) is 23.0 Å². The van der Waals surface area contributed by atoms with Crippen LogP contribution in [0.2, 0.25) is 0 Å². The fourth-order valence-corrected chi connectivity index (χ4v) is 2.79. The van der Waals surface area contributed by atoms with Gasteiger partial charge in [-0.25, -0.2) is 4.79 Å². The first-order chi connectivity index (χ1) is 15.4. The van der Waals surface area contributed by atoms with Crippen LogP contribution in [0, 0.1) is 0 Å².